The Morgan fingerprint density at radius 3 is 1.89 bits per heavy atom. The van der Waals surface area contributed by atoms with Crippen LogP contribution >= 0.6 is 0 Å². The molecule has 1 radical (unpaired) electrons. The molecule has 4 rings (SSSR count). The van der Waals surface area contributed by atoms with Crippen LogP contribution in [0.25, 0.3) is 10.9 Å². The molecule has 1 aromatic heterocycles. The monoisotopic (exact) mass is 354 g/mol. The molecule has 0 aliphatic heterocycles. The summed E-state index contributed by atoms with van der Waals surface area (Å²) < 4.78 is 0. The van der Waals surface area contributed by atoms with E-state index < -0.39 is 5.97 Å². The first-order chi connectivity index (χ1) is 13.1. The minimum atomic E-state index is -1.10. The number of benzene rings is 3. The Bertz CT molecular complexity index is 1000. The Morgan fingerprint density at radius 1 is 0.741 bits per heavy atom. The number of phenolic OH excluding ortho intramolecular Hbond substituents is 1. The van der Waals surface area contributed by atoms with Crippen molar-refractivity contribution in [3.05, 3.63) is 96.7 Å². The molecule has 0 saturated carbocycles. The minimum Gasteiger partial charge on any atom is -0.506 e. The predicted octanol–water partition coefficient (Wildman–Crippen LogP) is 2.98. The van der Waals surface area contributed by atoms with Gasteiger partial charge < -0.3 is 10.2 Å². The molecule has 131 valence electrons. The Morgan fingerprint density at radius 2 is 1.33 bits per heavy atom. The molecule has 0 atom stereocenters. The number of carboxylic acids is 1. The number of pyridine rings is 1. The highest BCUT2D eigenvalue weighted by atomic mass is 16.4. The molecule has 0 saturated heterocycles. The van der Waals surface area contributed by atoms with Crippen molar-refractivity contribution in [1.29, 1.82) is 0 Å². The SMILES string of the molecule is O=C(O)c1ccc2cccc(O)c2n1.[B](c1ccccc1)c1ccccc1. The maximum atomic E-state index is 10.6. The third-order valence-electron chi connectivity index (χ3n) is 3.85. The van der Waals surface area contributed by atoms with Gasteiger partial charge in [-0.1, -0.05) is 89.8 Å². The first-order valence-electron chi connectivity index (χ1n) is 8.40. The number of rotatable bonds is 3. The van der Waals surface area contributed by atoms with Crippen LogP contribution in [0.3, 0.4) is 0 Å². The molecule has 0 fully saturated rings. The zero-order valence-corrected chi connectivity index (χ0v) is 14.5. The van der Waals surface area contributed by atoms with Gasteiger partial charge in [0.1, 0.15) is 17.0 Å². The number of phenols is 1. The van der Waals surface area contributed by atoms with Crippen LogP contribution in [0.1, 0.15) is 10.5 Å². The lowest BCUT2D eigenvalue weighted by Crippen LogP contribution is -2.26. The fourth-order valence-electron chi connectivity index (χ4n) is 2.54. The van der Waals surface area contributed by atoms with Gasteiger partial charge in [-0.15, -0.1) is 0 Å². The van der Waals surface area contributed by atoms with Crippen molar-refractivity contribution in [2.24, 2.45) is 0 Å². The quantitative estimate of drug-likeness (QED) is 0.555. The average Bonchev–Trinajstić information content (AvgIpc) is 2.70. The number of aromatic carboxylic acids is 1. The number of hydrogen-bond donors (Lipinski definition) is 2. The molecule has 0 amide bonds. The van der Waals surface area contributed by atoms with Gasteiger partial charge in [0.05, 0.1) is 0 Å². The second-order valence-electron chi connectivity index (χ2n) is 5.82. The Hall–Kier alpha value is -3.60. The summed E-state index contributed by atoms with van der Waals surface area (Å²) >= 11 is 0. The van der Waals surface area contributed by atoms with E-state index in [4.69, 9.17) is 5.11 Å². The van der Waals surface area contributed by atoms with Crippen LogP contribution in [0.15, 0.2) is 91.0 Å². The van der Waals surface area contributed by atoms with E-state index in [1.54, 1.807) is 18.2 Å². The second kappa shape index (κ2) is 8.67. The Kier molecular flexibility index (Phi) is 5.85. The highest BCUT2D eigenvalue weighted by molar-refractivity contribution is 6.67. The van der Waals surface area contributed by atoms with Gasteiger partial charge in [-0.3, -0.25) is 0 Å². The molecule has 3 aromatic carbocycles. The summed E-state index contributed by atoms with van der Waals surface area (Å²) in [6.45, 7) is 0. The Balaban J connectivity index is 0.000000156. The van der Waals surface area contributed by atoms with E-state index in [9.17, 15) is 9.90 Å². The van der Waals surface area contributed by atoms with Gasteiger partial charge in [0.15, 0.2) is 7.28 Å². The second-order valence-corrected chi connectivity index (χ2v) is 5.82. The number of aromatic hydroxyl groups is 1. The average molecular weight is 354 g/mol. The number of para-hydroxylation sites is 1. The molecule has 0 aliphatic carbocycles. The van der Waals surface area contributed by atoms with E-state index in [1.807, 2.05) is 12.1 Å². The number of carboxylic acid groups (broad SMARTS) is 1. The molecule has 1 heterocycles. The largest absolute Gasteiger partial charge is 0.506 e. The van der Waals surface area contributed by atoms with Gasteiger partial charge in [-0.05, 0) is 12.1 Å². The van der Waals surface area contributed by atoms with Crippen molar-refractivity contribution in [1.82, 2.24) is 4.98 Å². The lowest BCUT2D eigenvalue weighted by Gasteiger charge is -2.00. The first kappa shape index (κ1) is 18.2. The highest BCUT2D eigenvalue weighted by Crippen LogP contribution is 2.22. The summed E-state index contributed by atoms with van der Waals surface area (Å²) in [6.07, 6.45) is 0. The number of carbonyl (C=O) groups is 1. The third kappa shape index (κ3) is 4.95. The maximum Gasteiger partial charge on any atom is 0.354 e. The molecule has 0 aliphatic rings. The number of fused-ring (bicyclic) bond motifs is 1. The van der Waals surface area contributed by atoms with Crippen molar-refractivity contribution in [3.63, 3.8) is 0 Å². The van der Waals surface area contributed by atoms with Crippen LogP contribution in [0, 0.1) is 0 Å². The van der Waals surface area contributed by atoms with E-state index in [0.717, 1.165) is 5.39 Å². The Labute approximate surface area is 158 Å². The first-order valence-corrected chi connectivity index (χ1v) is 8.40. The summed E-state index contributed by atoms with van der Waals surface area (Å²) in [5.74, 6) is -1.11. The van der Waals surface area contributed by atoms with Crippen LogP contribution in [0.4, 0.5) is 0 Å². The van der Waals surface area contributed by atoms with Crippen molar-refractivity contribution >= 4 is 35.1 Å². The molecule has 2 N–H and O–H groups in total. The standard InChI is InChI=1S/C12H10B.C10H7NO3/c1-3-7-11(8-4-1)13-12-9-5-2-6-10-12;12-8-3-1-2-6-4-5-7(10(13)14)11-9(6)8/h1-10H;1-5,12H,(H,13,14). The van der Waals surface area contributed by atoms with Gasteiger partial charge in [-0.25, -0.2) is 9.78 Å². The summed E-state index contributed by atoms with van der Waals surface area (Å²) in [5, 5.41) is 18.8. The van der Waals surface area contributed by atoms with Gasteiger partial charge in [0.25, 0.3) is 0 Å². The van der Waals surface area contributed by atoms with Crippen LogP contribution in [0.5, 0.6) is 5.75 Å². The lowest BCUT2D eigenvalue weighted by molar-refractivity contribution is 0.0691. The van der Waals surface area contributed by atoms with Crippen molar-refractivity contribution in [3.8, 4) is 5.75 Å². The topological polar surface area (TPSA) is 70.4 Å². The molecule has 5 heteroatoms. The van der Waals surface area contributed by atoms with E-state index in [0.29, 0.717) is 5.52 Å². The number of aromatic nitrogens is 1. The fraction of sp³-hybridized carbons (Fsp3) is 0. The van der Waals surface area contributed by atoms with Crippen molar-refractivity contribution < 1.29 is 15.0 Å². The number of nitrogens with zero attached hydrogens (tertiary/aromatic N) is 1. The van der Waals surface area contributed by atoms with E-state index in [2.05, 4.69) is 60.8 Å². The fourth-order valence-corrected chi connectivity index (χ4v) is 2.54. The molecule has 4 aromatic rings. The molecular formula is C22H17BNO3. The van der Waals surface area contributed by atoms with Crippen LogP contribution in [0.2, 0.25) is 0 Å². The normalized spacial score (nSPS) is 9.93. The van der Waals surface area contributed by atoms with Crippen molar-refractivity contribution in [2.75, 3.05) is 0 Å². The molecular weight excluding hydrogens is 337 g/mol. The van der Waals surface area contributed by atoms with Crippen LogP contribution in [-0.2, 0) is 0 Å². The molecule has 0 spiro atoms. The molecule has 4 nitrogen and oxygen atoms in total. The summed E-state index contributed by atoms with van der Waals surface area (Å²) in [5.41, 5.74) is 2.73. The van der Waals surface area contributed by atoms with E-state index in [1.165, 1.54) is 23.1 Å². The van der Waals surface area contributed by atoms with Crippen molar-refractivity contribution in [2.45, 2.75) is 0 Å². The third-order valence-corrected chi connectivity index (χ3v) is 3.85. The highest BCUT2D eigenvalue weighted by Gasteiger charge is 2.07. The molecule has 0 unspecified atom stereocenters. The van der Waals surface area contributed by atoms with Gasteiger partial charge in [-0.2, -0.15) is 0 Å². The summed E-state index contributed by atoms with van der Waals surface area (Å²) in [4.78, 5) is 14.4. The lowest BCUT2D eigenvalue weighted by atomic mass is 9.64. The van der Waals surface area contributed by atoms with Crippen LogP contribution in [-0.4, -0.2) is 28.4 Å². The summed E-state index contributed by atoms with van der Waals surface area (Å²) in [6, 6.07) is 28.6. The van der Waals surface area contributed by atoms with Crippen LogP contribution < -0.4 is 10.9 Å². The van der Waals surface area contributed by atoms with E-state index in [-0.39, 0.29) is 11.4 Å². The molecule has 0 bridgehead atoms. The van der Waals surface area contributed by atoms with Gasteiger partial charge >= 0.3 is 5.97 Å². The predicted molar refractivity (Wildman–Crippen MR) is 108 cm³/mol. The zero-order valence-electron chi connectivity index (χ0n) is 14.5. The van der Waals surface area contributed by atoms with Gasteiger partial charge in [0, 0.05) is 5.39 Å². The number of hydrogen-bond acceptors (Lipinski definition) is 3. The smallest absolute Gasteiger partial charge is 0.354 e. The summed E-state index contributed by atoms with van der Waals surface area (Å²) in [7, 11) is 2.17. The molecule has 27 heavy (non-hydrogen) atoms. The minimum absolute atomic E-state index is 0.00870. The van der Waals surface area contributed by atoms with Gasteiger partial charge in [0.2, 0.25) is 0 Å². The van der Waals surface area contributed by atoms with E-state index >= 15 is 0 Å². The zero-order chi connectivity index (χ0) is 19.1. The maximum absolute atomic E-state index is 10.6.